The molecule has 1 aliphatic rings. The van der Waals surface area contributed by atoms with Gasteiger partial charge in [0.1, 0.15) is 9.84 Å². The number of halogens is 1. The zero-order valence-corrected chi connectivity index (χ0v) is 11.9. The summed E-state index contributed by atoms with van der Waals surface area (Å²) in [6.07, 6.45) is 1.89. The summed E-state index contributed by atoms with van der Waals surface area (Å²) in [4.78, 5) is 0. The van der Waals surface area contributed by atoms with Crippen LogP contribution in [-0.4, -0.2) is 33.0 Å². The Balaban J connectivity index is 2.03. The van der Waals surface area contributed by atoms with E-state index in [1.807, 2.05) is 18.2 Å². The first kappa shape index (κ1) is 12.7. The Morgan fingerprint density at radius 3 is 2.88 bits per heavy atom. The first-order valence-electron chi connectivity index (χ1n) is 5.42. The highest BCUT2D eigenvalue weighted by molar-refractivity contribution is 9.10. The summed E-state index contributed by atoms with van der Waals surface area (Å²) >= 11 is 3.42. The van der Waals surface area contributed by atoms with Crippen LogP contribution in [0.5, 0.6) is 0 Å². The van der Waals surface area contributed by atoms with Gasteiger partial charge in [0.15, 0.2) is 0 Å². The SMILES string of the molecule is CS(=O)(=O)CCC1CNc2ccc(Br)cc2N1. The van der Waals surface area contributed by atoms with Crippen LogP contribution in [0.15, 0.2) is 22.7 Å². The van der Waals surface area contributed by atoms with Gasteiger partial charge in [-0.2, -0.15) is 0 Å². The van der Waals surface area contributed by atoms with E-state index in [4.69, 9.17) is 0 Å². The van der Waals surface area contributed by atoms with E-state index in [1.54, 1.807) is 0 Å². The Bertz CT molecular complexity index is 516. The number of sulfone groups is 1. The maximum absolute atomic E-state index is 11.1. The second kappa shape index (κ2) is 4.86. The predicted molar refractivity (Wildman–Crippen MR) is 74.4 cm³/mol. The van der Waals surface area contributed by atoms with Crippen molar-refractivity contribution in [2.24, 2.45) is 0 Å². The molecule has 0 saturated carbocycles. The van der Waals surface area contributed by atoms with Crippen LogP contribution in [0.25, 0.3) is 0 Å². The Kier molecular flexibility index (Phi) is 3.63. The van der Waals surface area contributed by atoms with Crippen LogP contribution >= 0.6 is 15.9 Å². The fraction of sp³-hybridized carbons (Fsp3) is 0.455. The van der Waals surface area contributed by atoms with Crippen molar-refractivity contribution in [3.05, 3.63) is 22.7 Å². The molecular weight excluding hydrogens is 304 g/mol. The fourth-order valence-corrected chi connectivity index (χ4v) is 2.90. The van der Waals surface area contributed by atoms with Crippen molar-refractivity contribution in [3.8, 4) is 0 Å². The molecule has 0 radical (unpaired) electrons. The molecule has 0 saturated heterocycles. The third kappa shape index (κ3) is 3.61. The van der Waals surface area contributed by atoms with E-state index < -0.39 is 9.84 Å². The van der Waals surface area contributed by atoms with Gasteiger partial charge in [-0.25, -0.2) is 8.42 Å². The molecular formula is C11H15BrN2O2S. The lowest BCUT2D eigenvalue weighted by Gasteiger charge is -2.28. The average molecular weight is 319 g/mol. The monoisotopic (exact) mass is 318 g/mol. The summed E-state index contributed by atoms with van der Waals surface area (Å²) in [6, 6.07) is 6.13. The van der Waals surface area contributed by atoms with Crippen molar-refractivity contribution < 1.29 is 8.42 Å². The minimum atomic E-state index is -2.89. The van der Waals surface area contributed by atoms with E-state index in [0.717, 1.165) is 22.4 Å². The quantitative estimate of drug-likeness (QED) is 0.896. The standard InChI is InChI=1S/C11H15BrN2O2S/c1-17(15,16)5-4-9-7-13-10-3-2-8(12)6-11(10)14-9/h2-3,6,9,13-14H,4-5,7H2,1H3. The highest BCUT2D eigenvalue weighted by atomic mass is 79.9. The lowest BCUT2D eigenvalue weighted by Crippen LogP contribution is -2.34. The van der Waals surface area contributed by atoms with Crippen LogP contribution < -0.4 is 10.6 Å². The largest absolute Gasteiger partial charge is 0.381 e. The lowest BCUT2D eigenvalue weighted by molar-refractivity contribution is 0.594. The molecule has 0 spiro atoms. The second-order valence-electron chi connectivity index (χ2n) is 4.33. The molecule has 94 valence electrons. The third-order valence-electron chi connectivity index (χ3n) is 2.72. The molecule has 4 nitrogen and oxygen atoms in total. The first-order valence-corrected chi connectivity index (χ1v) is 8.27. The summed E-state index contributed by atoms with van der Waals surface area (Å²) in [6.45, 7) is 0.754. The molecule has 1 aromatic carbocycles. The van der Waals surface area contributed by atoms with Crippen LogP contribution in [-0.2, 0) is 9.84 Å². The van der Waals surface area contributed by atoms with E-state index in [1.165, 1.54) is 6.26 Å². The van der Waals surface area contributed by atoms with Crippen LogP contribution in [0.4, 0.5) is 11.4 Å². The van der Waals surface area contributed by atoms with Crippen molar-refractivity contribution in [1.29, 1.82) is 0 Å². The number of fused-ring (bicyclic) bond motifs is 1. The maximum Gasteiger partial charge on any atom is 0.147 e. The molecule has 0 aliphatic carbocycles. The highest BCUT2D eigenvalue weighted by Gasteiger charge is 2.18. The molecule has 1 atom stereocenters. The molecule has 2 N–H and O–H groups in total. The van der Waals surface area contributed by atoms with Gasteiger partial charge in [0.05, 0.1) is 17.1 Å². The van der Waals surface area contributed by atoms with E-state index in [2.05, 4.69) is 26.6 Å². The summed E-state index contributed by atoms with van der Waals surface area (Å²) in [5, 5.41) is 6.65. The molecule has 6 heteroatoms. The molecule has 1 aromatic rings. The third-order valence-corrected chi connectivity index (χ3v) is 4.19. The fourth-order valence-electron chi connectivity index (χ4n) is 1.82. The van der Waals surface area contributed by atoms with Gasteiger partial charge in [0.25, 0.3) is 0 Å². The first-order chi connectivity index (χ1) is 7.94. The second-order valence-corrected chi connectivity index (χ2v) is 7.51. The topological polar surface area (TPSA) is 58.2 Å². The normalized spacial score (nSPS) is 19.1. The molecule has 0 bridgehead atoms. The van der Waals surface area contributed by atoms with Crippen molar-refractivity contribution >= 4 is 37.1 Å². The van der Waals surface area contributed by atoms with Gasteiger partial charge in [-0.1, -0.05) is 15.9 Å². The molecule has 0 fully saturated rings. The molecule has 0 aromatic heterocycles. The van der Waals surface area contributed by atoms with E-state index in [0.29, 0.717) is 6.42 Å². The summed E-state index contributed by atoms with van der Waals surface area (Å²) in [7, 11) is -2.89. The summed E-state index contributed by atoms with van der Waals surface area (Å²) in [5.41, 5.74) is 2.08. The minimum Gasteiger partial charge on any atom is -0.381 e. The number of benzene rings is 1. The molecule has 1 unspecified atom stereocenters. The van der Waals surface area contributed by atoms with Crippen LogP contribution in [0.3, 0.4) is 0 Å². The van der Waals surface area contributed by atoms with Gasteiger partial charge in [0, 0.05) is 23.3 Å². The van der Waals surface area contributed by atoms with Gasteiger partial charge < -0.3 is 10.6 Å². The van der Waals surface area contributed by atoms with Crippen LogP contribution in [0.1, 0.15) is 6.42 Å². The Morgan fingerprint density at radius 2 is 2.18 bits per heavy atom. The molecule has 1 heterocycles. The number of hydrogen-bond donors (Lipinski definition) is 2. The highest BCUT2D eigenvalue weighted by Crippen LogP contribution is 2.29. The number of hydrogen-bond acceptors (Lipinski definition) is 4. The summed E-state index contributed by atoms with van der Waals surface area (Å²) in [5.74, 6) is 0.218. The van der Waals surface area contributed by atoms with Gasteiger partial charge >= 0.3 is 0 Å². The lowest BCUT2D eigenvalue weighted by atomic mass is 10.1. The smallest absolute Gasteiger partial charge is 0.147 e. The van der Waals surface area contributed by atoms with Gasteiger partial charge in [-0.05, 0) is 24.6 Å². The van der Waals surface area contributed by atoms with Crippen molar-refractivity contribution in [2.45, 2.75) is 12.5 Å². The van der Waals surface area contributed by atoms with Crippen molar-refractivity contribution in [1.82, 2.24) is 0 Å². The summed E-state index contributed by atoms with van der Waals surface area (Å²) < 4.78 is 23.2. The molecule has 2 rings (SSSR count). The molecule has 0 amide bonds. The number of rotatable bonds is 3. The maximum atomic E-state index is 11.1. The zero-order valence-electron chi connectivity index (χ0n) is 9.53. The predicted octanol–water partition coefficient (Wildman–Crippen LogP) is 2.09. The van der Waals surface area contributed by atoms with Crippen molar-refractivity contribution in [3.63, 3.8) is 0 Å². The Labute approximate surface area is 110 Å². The van der Waals surface area contributed by atoms with Gasteiger partial charge in [-0.15, -0.1) is 0 Å². The van der Waals surface area contributed by atoms with Gasteiger partial charge in [0.2, 0.25) is 0 Å². The molecule has 1 aliphatic heterocycles. The zero-order chi connectivity index (χ0) is 12.5. The number of nitrogens with one attached hydrogen (secondary N) is 2. The average Bonchev–Trinajstić information content (AvgIpc) is 2.24. The van der Waals surface area contributed by atoms with Crippen LogP contribution in [0, 0.1) is 0 Å². The number of anilines is 2. The van der Waals surface area contributed by atoms with E-state index in [-0.39, 0.29) is 11.8 Å². The van der Waals surface area contributed by atoms with Crippen molar-refractivity contribution in [2.75, 3.05) is 29.2 Å². The van der Waals surface area contributed by atoms with Crippen LogP contribution in [0.2, 0.25) is 0 Å². The Morgan fingerprint density at radius 1 is 1.41 bits per heavy atom. The minimum absolute atomic E-state index is 0.159. The molecule has 17 heavy (non-hydrogen) atoms. The van der Waals surface area contributed by atoms with E-state index >= 15 is 0 Å². The van der Waals surface area contributed by atoms with Gasteiger partial charge in [-0.3, -0.25) is 0 Å². The Hall–Kier alpha value is -0.750. The van der Waals surface area contributed by atoms with E-state index in [9.17, 15) is 8.42 Å².